The number of hydrogen-bond acceptors (Lipinski definition) is 3. The lowest BCUT2D eigenvalue weighted by Gasteiger charge is -2.18. The fourth-order valence-electron chi connectivity index (χ4n) is 6.86. The molecule has 0 aromatic rings. The second-order valence-electron chi connectivity index (χ2n) is 15.2. The molecule has 0 aliphatic carbocycles. The third-order valence-electron chi connectivity index (χ3n) is 10.2. The molecule has 0 aromatic carbocycles. The molecular formula is C46H86O4. The topological polar surface area (TPSA) is 63.6 Å². The Balaban J connectivity index is 3.78. The molecule has 4 nitrogen and oxygen atoms in total. The van der Waals surface area contributed by atoms with Gasteiger partial charge in [0.25, 0.3) is 0 Å². The van der Waals surface area contributed by atoms with Gasteiger partial charge in [0.15, 0.2) is 0 Å². The molecule has 1 N–H and O–H groups in total. The number of ether oxygens (including phenoxy) is 1. The van der Waals surface area contributed by atoms with Crippen molar-refractivity contribution in [3.63, 3.8) is 0 Å². The Kier molecular flexibility index (Phi) is 40.5. The van der Waals surface area contributed by atoms with Gasteiger partial charge >= 0.3 is 11.9 Å². The maximum atomic E-state index is 12.7. The van der Waals surface area contributed by atoms with Gasteiger partial charge in [-0.2, -0.15) is 0 Å². The molecular weight excluding hydrogens is 617 g/mol. The van der Waals surface area contributed by atoms with Crippen molar-refractivity contribution >= 4 is 11.9 Å². The van der Waals surface area contributed by atoms with Crippen LogP contribution in [0.1, 0.15) is 251 Å². The molecule has 0 fully saturated rings. The molecule has 0 aliphatic rings. The zero-order valence-corrected chi connectivity index (χ0v) is 33.7. The minimum Gasteiger partial charge on any atom is -0.481 e. The van der Waals surface area contributed by atoms with Crippen molar-refractivity contribution < 1.29 is 19.4 Å². The molecule has 1 atom stereocenters. The van der Waals surface area contributed by atoms with Crippen LogP contribution in [0.2, 0.25) is 0 Å². The van der Waals surface area contributed by atoms with Crippen LogP contribution in [0, 0.1) is 0 Å². The van der Waals surface area contributed by atoms with Crippen molar-refractivity contribution in [1.82, 2.24) is 0 Å². The third kappa shape index (κ3) is 40.8. The van der Waals surface area contributed by atoms with Crippen molar-refractivity contribution in [1.29, 1.82) is 0 Å². The first-order valence-corrected chi connectivity index (χ1v) is 22.3. The predicted octanol–water partition coefficient (Wildman–Crippen LogP) is 15.6. The second kappa shape index (κ2) is 41.8. The highest BCUT2D eigenvalue weighted by Crippen LogP contribution is 2.19. The lowest BCUT2D eigenvalue weighted by Crippen LogP contribution is -2.18. The van der Waals surface area contributed by atoms with E-state index in [0.717, 1.165) is 44.9 Å². The van der Waals surface area contributed by atoms with Gasteiger partial charge in [0.2, 0.25) is 0 Å². The maximum Gasteiger partial charge on any atom is 0.306 e. The van der Waals surface area contributed by atoms with E-state index in [9.17, 15) is 9.59 Å². The van der Waals surface area contributed by atoms with Gasteiger partial charge in [-0.3, -0.25) is 9.59 Å². The third-order valence-corrected chi connectivity index (χ3v) is 10.2. The van der Waals surface area contributed by atoms with Crippen molar-refractivity contribution in [2.75, 3.05) is 0 Å². The van der Waals surface area contributed by atoms with Crippen LogP contribution in [0.4, 0.5) is 0 Å². The van der Waals surface area contributed by atoms with Gasteiger partial charge in [-0.25, -0.2) is 0 Å². The van der Waals surface area contributed by atoms with Crippen LogP contribution in [-0.2, 0) is 14.3 Å². The zero-order chi connectivity index (χ0) is 36.4. The molecule has 294 valence electrons. The zero-order valence-electron chi connectivity index (χ0n) is 33.7. The standard InChI is InChI=1S/C46H86O4/c1-3-5-7-9-10-11-12-13-14-15-16-17-18-19-20-21-25-28-31-35-39-43-46(49)50-44(40-36-32-8-6-4-2)41-37-33-29-26-23-22-24-27-30-34-38-42-45(47)48/h10-11,13-14,44H,3-9,12,15-43H2,1-2H3,(H,47,48)/b11-10-,14-13-. The Labute approximate surface area is 312 Å². The molecule has 0 aliphatic heterocycles. The van der Waals surface area contributed by atoms with Gasteiger partial charge in [-0.15, -0.1) is 0 Å². The van der Waals surface area contributed by atoms with Crippen molar-refractivity contribution in [2.24, 2.45) is 0 Å². The van der Waals surface area contributed by atoms with Crippen LogP contribution < -0.4 is 0 Å². The SMILES string of the molecule is CCCCC/C=C\C/C=C\CCCCCCCCCCCCCC(=O)OC(CCCCCCC)CCCCCCCCCCCCCC(=O)O. The first-order valence-electron chi connectivity index (χ1n) is 22.3. The molecule has 0 radical (unpaired) electrons. The first kappa shape index (κ1) is 48.4. The summed E-state index contributed by atoms with van der Waals surface area (Å²) in [4.78, 5) is 23.3. The predicted molar refractivity (Wildman–Crippen MR) is 218 cm³/mol. The summed E-state index contributed by atoms with van der Waals surface area (Å²) in [5.41, 5.74) is 0. The minimum absolute atomic E-state index is 0.0386. The molecule has 0 saturated heterocycles. The minimum atomic E-state index is -0.671. The van der Waals surface area contributed by atoms with E-state index in [-0.39, 0.29) is 12.1 Å². The number of unbranched alkanes of at least 4 members (excludes halogenated alkanes) is 28. The van der Waals surface area contributed by atoms with Crippen LogP contribution in [0.3, 0.4) is 0 Å². The van der Waals surface area contributed by atoms with Gasteiger partial charge in [-0.1, -0.05) is 192 Å². The molecule has 4 heteroatoms. The van der Waals surface area contributed by atoms with E-state index < -0.39 is 5.97 Å². The highest BCUT2D eigenvalue weighted by molar-refractivity contribution is 5.69. The maximum absolute atomic E-state index is 12.7. The highest BCUT2D eigenvalue weighted by atomic mass is 16.5. The Bertz CT molecular complexity index is 757. The van der Waals surface area contributed by atoms with E-state index in [1.807, 2.05) is 0 Å². The Morgan fingerprint density at radius 2 is 0.780 bits per heavy atom. The molecule has 0 spiro atoms. The molecule has 1 unspecified atom stereocenters. The number of carboxylic acids is 1. The van der Waals surface area contributed by atoms with Crippen molar-refractivity contribution in [3.05, 3.63) is 24.3 Å². The summed E-state index contributed by atoms with van der Waals surface area (Å²) >= 11 is 0. The van der Waals surface area contributed by atoms with Gasteiger partial charge in [0.1, 0.15) is 6.10 Å². The number of carboxylic acid groups (broad SMARTS) is 1. The number of carbonyl (C=O) groups excluding carboxylic acids is 1. The summed E-state index contributed by atoms with van der Waals surface area (Å²) < 4.78 is 6.04. The van der Waals surface area contributed by atoms with E-state index >= 15 is 0 Å². The highest BCUT2D eigenvalue weighted by Gasteiger charge is 2.14. The van der Waals surface area contributed by atoms with Crippen LogP contribution >= 0.6 is 0 Å². The number of hydrogen-bond donors (Lipinski definition) is 1. The van der Waals surface area contributed by atoms with Crippen molar-refractivity contribution in [3.8, 4) is 0 Å². The molecule has 0 bridgehead atoms. The van der Waals surface area contributed by atoms with Crippen LogP contribution in [0.15, 0.2) is 24.3 Å². The summed E-state index contributed by atoms with van der Waals surface area (Å²) in [6, 6.07) is 0. The van der Waals surface area contributed by atoms with Crippen LogP contribution in [0.25, 0.3) is 0 Å². The molecule has 0 heterocycles. The van der Waals surface area contributed by atoms with Gasteiger partial charge in [0, 0.05) is 12.8 Å². The molecule has 0 saturated carbocycles. The fraction of sp³-hybridized carbons (Fsp3) is 0.870. The van der Waals surface area contributed by atoms with Gasteiger partial charge in [0.05, 0.1) is 0 Å². The summed E-state index contributed by atoms with van der Waals surface area (Å²) in [5, 5.41) is 8.71. The number of aliphatic carboxylic acids is 1. The average Bonchev–Trinajstić information content (AvgIpc) is 3.10. The van der Waals surface area contributed by atoms with E-state index in [2.05, 4.69) is 38.2 Å². The quantitative estimate of drug-likeness (QED) is 0.0391. The summed E-state index contributed by atoms with van der Waals surface area (Å²) in [5.74, 6) is -0.632. The average molecular weight is 703 g/mol. The summed E-state index contributed by atoms with van der Waals surface area (Å²) in [7, 11) is 0. The number of carbonyl (C=O) groups is 2. The summed E-state index contributed by atoms with van der Waals surface area (Å²) in [6.45, 7) is 4.52. The van der Waals surface area contributed by atoms with E-state index in [4.69, 9.17) is 9.84 Å². The lowest BCUT2D eigenvalue weighted by atomic mass is 10.0. The molecule has 0 amide bonds. The van der Waals surface area contributed by atoms with E-state index in [1.54, 1.807) is 0 Å². The number of allylic oxidation sites excluding steroid dienone is 4. The van der Waals surface area contributed by atoms with Crippen LogP contribution in [-0.4, -0.2) is 23.1 Å². The second-order valence-corrected chi connectivity index (χ2v) is 15.2. The Morgan fingerprint density at radius 3 is 1.22 bits per heavy atom. The lowest BCUT2D eigenvalue weighted by molar-refractivity contribution is -0.150. The largest absolute Gasteiger partial charge is 0.481 e. The monoisotopic (exact) mass is 703 g/mol. The van der Waals surface area contributed by atoms with Crippen LogP contribution in [0.5, 0.6) is 0 Å². The summed E-state index contributed by atoms with van der Waals surface area (Å²) in [6.07, 6.45) is 53.8. The Morgan fingerprint density at radius 1 is 0.440 bits per heavy atom. The Hall–Kier alpha value is -1.58. The smallest absolute Gasteiger partial charge is 0.306 e. The normalized spacial score (nSPS) is 12.4. The van der Waals surface area contributed by atoms with Gasteiger partial charge in [-0.05, 0) is 70.6 Å². The first-order chi connectivity index (χ1) is 24.6. The van der Waals surface area contributed by atoms with E-state index in [1.165, 1.54) is 180 Å². The number of rotatable bonds is 41. The van der Waals surface area contributed by atoms with Gasteiger partial charge < -0.3 is 9.84 Å². The molecule has 0 aromatic heterocycles. The molecule has 50 heavy (non-hydrogen) atoms. The van der Waals surface area contributed by atoms with Crippen molar-refractivity contribution in [2.45, 2.75) is 258 Å². The molecule has 0 rings (SSSR count). The fourth-order valence-corrected chi connectivity index (χ4v) is 6.86. The number of esters is 1. The van der Waals surface area contributed by atoms with E-state index in [0.29, 0.717) is 12.8 Å².